The Morgan fingerprint density at radius 3 is 2.58 bits per heavy atom. The molecule has 1 atom stereocenters. The number of hydrogen-bond donors (Lipinski definition) is 3. The molecule has 0 aliphatic rings. The van der Waals surface area contributed by atoms with E-state index in [-0.39, 0.29) is 5.75 Å². The Balaban J connectivity index is 2.49. The molecule has 0 heterocycles. The quantitative estimate of drug-likeness (QED) is 0.683. The zero-order chi connectivity index (χ0) is 14.5. The highest BCUT2D eigenvalue weighted by molar-refractivity contribution is 5.39. The van der Waals surface area contributed by atoms with E-state index in [2.05, 4.69) is 5.32 Å². The van der Waals surface area contributed by atoms with Crippen molar-refractivity contribution < 1.29 is 14.9 Å². The minimum atomic E-state index is -0.800. The maximum Gasteiger partial charge on any atom is 0.123 e. The lowest BCUT2D eigenvalue weighted by Crippen LogP contribution is -2.45. The number of aliphatic hydroxyl groups is 1. The number of rotatable bonds is 7. The van der Waals surface area contributed by atoms with Crippen LogP contribution in [0.3, 0.4) is 0 Å². The molecule has 1 unspecified atom stereocenters. The van der Waals surface area contributed by atoms with Gasteiger partial charge in [0.2, 0.25) is 0 Å². The van der Waals surface area contributed by atoms with Crippen LogP contribution in [-0.4, -0.2) is 55.0 Å². The Labute approximate surface area is 114 Å². The number of methoxy groups -OCH3 is 1. The van der Waals surface area contributed by atoms with Gasteiger partial charge in [0.25, 0.3) is 0 Å². The van der Waals surface area contributed by atoms with Crippen molar-refractivity contribution >= 4 is 0 Å². The van der Waals surface area contributed by atoms with E-state index in [1.165, 1.54) is 0 Å². The lowest BCUT2D eigenvalue weighted by Gasteiger charge is -2.27. The topological polar surface area (TPSA) is 65.0 Å². The van der Waals surface area contributed by atoms with Crippen molar-refractivity contribution in [3.63, 3.8) is 0 Å². The summed E-state index contributed by atoms with van der Waals surface area (Å²) < 4.78 is 5.03. The number of phenols is 1. The molecule has 0 saturated heterocycles. The van der Waals surface area contributed by atoms with Crippen molar-refractivity contribution in [3.05, 3.63) is 23.8 Å². The number of phenolic OH excluding ortho intramolecular Hbond substituents is 1. The predicted molar refractivity (Wildman–Crippen MR) is 75.5 cm³/mol. The summed E-state index contributed by atoms with van der Waals surface area (Å²) in [6.45, 7) is 3.32. The summed E-state index contributed by atoms with van der Waals surface area (Å²) in [6.07, 6.45) is 0. The summed E-state index contributed by atoms with van der Waals surface area (Å²) in [5.74, 6) is 0.819. The lowest BCUT2D eigenvalue weighted by molar-refractivity contribution is 0.0335. The first-order valence-corrected chi connectivity index (χ1v) is 6.28. The lowest BCUT2D eigenvalue weighted by atomic mass is 10.1. The normalized spacial score (nSPS) is 14.4. The van der Waals surface area contributed by atoms with E-state index in [4.69, 9.17) is 4.74 Å². The van der Waals surface area contributed by atoms with Gasteiger partial charge in [-0.15, -0.1) is 0 Å². The molecule has 5 heteroatoms. The minimum absolute atomic E-state index is 0.194. The Hall–Kier alpha value is -1.30. The summed E-state index contributed by atoms with van der Waals surface area (Å²) in [5.41, 5.74) is -0.0209. The van der Waals surface area contributed by atoms with Crippen molar-refractivity contribution in [2.45, 2.75) is 19.1 Å². The van der Waals surface area contributed by atoms with Gasteiger partial charge >= 0.3 is 0 Å². The molecule has 0 aromatic heterocycles. The number of ether oxygens (including phenoxy) is 1. The third kappa shape index (κ3) is 5.46. The van der Waals surface area contributed by atoms with E-state index in [0.29, 0.717) is 25.4 Å². The van der Waals surface area contributed by atoms with Gasteiger partial charge in [-0.3, -0.25) is 0 Å². The van der Waals surface area contributed by atoms with Crippen LogP contribution in [0.15, 0.2) is 18.2 Å². The summed E-state index contributed by atoms with van der Waals surface area (Å²) >= 11 is 0. The van der Waals surface area contributed by atoms with E-state index in [1.807, 2.05) is 25.1 Å². The summed E-state index contributed by atoms with van der Waals surface area (Å²) in [4.78, 5) is 1.94. The molecule has 108 valence electrons. The van der Waals surface area contributed by atoms with Crippen molar-refractivity contribution in [1.29, 1.82) is 0 Å². The number of benzene rings is 1. The highest BCUT2D eigenvalue weighted by atomic mass is 16.5. The van der Waals surface area contributed by atoms with Crippen LogP contribution in [0.2, 0.25) is 0 Å². The highest BCUT2D eigenvalue weighted by Gasteiger charge is 2.20. The minimum Gasteiger partial charge on any atom is -0.507 e. The second-order valence-electron chi connectivity index (χ2n) is 5.33. The van der Waals surface area contributed by atoms with Crippen molar-refractivity contribution in [2.24, 2.45) is 0 Å². The van der Waals surface area contributed by atoms with Crippen LogP contribution in [0.5, 0.6) is 11.5 Å². The van der Waals surface area contributed by atoms with Gasteiger partial charge in [-0.25, -0.2) is 0 Å². The van der Waals surface area contributed by atoms with Gasteiger partial charge in [-0.05, 0) is 27.1 Å². The number of nitrogens with one attached hydrogen (secondary N) is 1. The Bertz CT molecular complexity index is 406. The van der Waals surface area contributed by atoms with Crippen LogP contribution in [0.25, 0.3) is 0 Å². The van der Waals surface area contributed by atoms with E-state index < -0.39 is 5.60 Å². The monoisotopic (exact) mass is 268 g/mol. The SMILES string of the molecule is COc1ccc(CNCC(C)(O)CN(C)C)c(O)c1. The predicted octanol–water partition coefficient (Wildman–Crippen LogP) is 0.803. The van der Waals surface area contributed by atoms with Gasteiger partial charge in [0, 0.05) is 31.3 Å². The molecule has 3 N–H and O–H groups in total. The Morgan fingerprint density at radius 1 is 1.37 bits per heavy atom. The average Bonchev–Trinajstić information content (AvgIpc) is 2.29. The zero-order valence-electron chi connectivity index (χ0n) is 12.1. The summed E-state index contributed by atoms with van der Waals surface area (Å²) in [5, 5.41) is 23.1. The fraction of sp³-hybridized carbons (Fsp3) is 0.571. The van der Waals surface area contributed by atoms with E-state index in [0.717, 1.165) is 5.56 Å². The van der Waals surface area contributed by atoms with Gasteiger partial charge in [0.05, 0.1) is 12.7 Å². The number of likely N-dealkylation sites (N-methyl/N-ethyl adjacent to an activating group) is 1. The molecule has 0 spiro atoms. The molecule has 5 nitrogen and oxygen atoms in total. The van der Waals surface area contributed by atoms with Gasteiger partial charge in [-0.2, -0.15) is 0 Å². The van der Waals surface area contributed by atoms with E-state index >= 15 is 0 Å². The highest BCUT2D eigenvalue weighted by Crippen LogP contribution is 2.23. The maximum atomic E-state index is 10.1. The van der Waals surface area contributed by atoms with Crippen LogP contribution in [0.1, 0.15) is 12.5 Å². The van der Waals surface area contributed by atoms with Crippen LogP contribution in [-0.2, 0) is 6.54 Å². The molecule has 1 aromatic rings. The average molecular weight is 268 g/mol. The maximum absolute atomic E-state index is 10.1. The van der Waals surface area contributed by atoms with Crippen LogP contribution < -0.4 is 10.1 Å². The Morgan fingerprint density at radius 2 is 2.05 bits per heavy atom. The molecule has 0 bridgehead atoms. The first-order valence-electron chi connectivity index (χ1n) is 6.28. The van der Waals surface area contributed by atoms with Crippen LogP contribution in [0, 0.1) is 0 Å². The largest absolute Gasteiger partial charge is 0.507 e. The molecular formula is C14H24N2O3. The Kier molecular flexibility index (Phi) is 5.60. The molecule has 0 aliphatic heterocycles. The summed E-state index contributed by atoms with van der Waals surface area (Å²) in [6, 6.07) is 5.19. The molecule has 0 saturated carbocycles. The fourth-order valence-corrected chi connectivity index (χ4v) is 2.02. The van der Waals surface area contributed by atoms with E-state index in [1.54, 1.807) is 26.2 Å². The third-order valence-electron chi connectivity index (χ3n) is 2.77. The van der Waals surface area contributed by atoms with Gasteiger partial charge in [-0.1, -0.05) is 6.07 Å². The van der Waals surface area contributed by atoms with Crippen molar-refractivity contribution in [3.8, 4) is 11.5 Å². The molecule has 0 radical (unpaired) electrons. The molecule has 19 heavy (non-hydrogen) atoms. The van der Waals surface area contributed by atoms with Crippen LogP contribution in [0.4, 0.5) is 0 Å². The summed E-state index contributed by atoms with van der Waals surface area (Å²) in [7, 11) is 5.40. The van der Waals surface area contributed by atoms with Crippen molar-refractivity contribution in [1.82, 2.24) is 10.2 Å². The third-order valence-corrected chi connectivity index (χ3v) is 2.77. The second-order valence-corrected chi connectivity index (χ2v) is 5.33. The first-order chi connectivity index (χ1) is 8.84. The number of nitrogens with zero attached hydrogens (tertiary/aromatic N) is 1. The van der Waals surface area contributed by atoms with Crippen molar-refractivity contribution in [2.75, 3.05) is 34.3 Å². The molecule has 0 fully saturated rings. The fourth-order valence-electron chi connectivity index (χ4n) is 2.02. The number of hydrogen-bond acceptors (Lipinski definition) is 5. The molecule has 1 rings (SSSR count). The van der Waals surface area contributed by atoms with Gasteiger partial charge < -0.3 is 25.2 Å². The van der Waals surface area contributed by atoms with Gasteiger partial charge in [0.1, 0.15) is 11.5 Å². The molecular weight excluding hydrogens is 244 g/mol. The smallest absolute Gasteiger partial charge is 0.123 e. The van der Waals surface area contributed by atoms with Crippen LogP contribution >= 0.6 is 0 Å². The standard InChI is InChI=1S/C14H24N2O3/c1-14(18,10-16(2)3)9-15-8-11-5-6-12(19-4)7-13(11)17/h5-7,15,17-18H,8-10H2,1-4H3. The molecule has 1 aromatic carbocycles. The molecule has 0 amide bonds. The van der Waals surface area contributed by atoms with E-state index in [9.17, 15) is 10.2 Å². The van der Waals surface area contributed by atoms with Gasteiger partial charge in [0.15, 0.2) is 0 Å². The molecule has 0 aliphatic carbocycles. The number of aromatic hydroxyl groups is 1. The first kappa shape index (κ1) is 15.8. The second kappa shape index (κ2) is 6.75. The zero-order valence-corrected chi connectivity index (χ0v) is 12.1.